The van der Waals surface area contributed by atoms with Crippen LogP contribution in [0.1, 0.15) is 18.9 Å². The lowest BCUT2D eigenvalue weighted by Crippen LogP contribution is -2.65. The molecule has 9 heteroatoms. The fourth-order valence-corrected chi connectivity index (χ4v) is 4.01. The maximum absolute atomic E-state index is 12.1. The summed E-state index contributed by atoms with van der Waals surface area (Å²) in [5.74, 6) is -3.02. The number of hydrogen-bond acceptors (Lipinski definition) is 6. The molecule has 1 aromatic rings. The first-order valence-electron chi connectivity index (χ1n) is 7.67. The summed E-state index contributed by atoms with van der Waals surface area (Å²) in [4.78, 5) is 35.8. The number of rotatable bonds is 7. The molecule has 2 rings (SSSR count). The van der Waals surface area contributed by atoms with Crippen LogP contribution in [0, 0.1) is 0 Å². The summed E-state index contributed by atoms with van der Waals surface area (Å²) in [6, 6.07) is 8.57. The van der Waals surface area contributed by atoms with E-state index in [-0.39, 0.29) is 18.8 Å². The van der Waals surface area contributed by atoms with Crippen LogP contribution in [0.25, 0.3) is 0 Å². The van der Waals surface area contributed by atoms with Crippen molar-refractivity contribution in [2.45, 2.75) is 30.7 Å². The van der Waals surface area contributed by atoms with Gasteiger partial charge in [0.15, 0.2) is 15.6 Å². The Hall–Kier alpha value is -2.26. The molecule has 0 bridgehead atoms. The highest BCUT2D eigenvalue weighted by atomic mass is 32.2. The van der Waals surface area contributed by atoms with Gasteiger partial charge in [0, 0.05) is 6.42 Å². The Morgan fingerprint density at radius 3 is 2.48 bits per heavy atom. The number of carbonyl (C=O) groups is 3. The number of nitrogens with two attached hydrogens (primary N) is 1. The second-order valence-electron chi connectivity index (χ2n) is 5.92. The van der Waals surface area contributed by atoms with Crippen LogP contribution in [0.2, 0.25) is 0 Å². The van der Waals surface area contributed by atoms with E-state index < -0.39 is 44.8 Å². The smallest absolute Gasteiger partial charge is 0.253 e. The Kier molecular flexibility index (Phi) is 5.58. The number of hydrogen-bond donors (Lipinski definition) is 2. The van der Waals surface area contributed by atoms with Crippen molar-refractivity contribution >= 4 is 27.4 Å². The predicted molar refractivity (Wildman–Crippen MR) is 89.0 cm³/mol. The second-order valence-corrected chi connectivity index (χ2v) is 8.11. The molecule has 1 heterocycles. The molecule has 0 saturated carbocycles. The van der Waals surface area contributed by atoms with Crippen molar-refractivity contribution in [3.63, 3.8) is 0 Å². The van der Waals surface area contributed by atoms with Crippen LogP contribution in [-0.2, 0) is 34.7 Å². The fraction of sp³-hybridized carbons (Fsp3) is 0.438. The fourth-order valence-electron chi connectivity index (χ4n) is 2.67. The lowest BCUT2D eigenvalue weighted by molar-refractivity contribution is -0.139. The van der Waals surface area contributed by atoms with Crippen molar-refractivity contribution < 1.29 is 27.5 Å². The lowest BCUT2D eigenvalue weighted by Gasteiger charge is -2.28. The van der Waals surface area contributed by atoms with Gasteiger partial charge in [0.05, 0.1) is 17.6 Å². The van der Waals surface area contributed by atoms with E-state index >= 15 is 0 Å². The van der Waals surface area contributed by atoms with Gasteiger partial charge in [-0.05, 0) is 12.5 Å². The maximum atomic E-state index is 12.1. The van der Waals surface area contributed by atoms with E-state index in [4.69, 9.17) is 10.5 Å². The summed E-state index contributed by atoms with van der Waals surface area (Å²) in [5, 5.41) is 2.28. The molecule has 1 fully saturated rings. The Bertz CT molecular complexity index is 777. The van der Waals surface area contributed by atoms with E-state index in [2.05, 4.69) is 5.32 Å². The highest BCUT2D eigenvalue weighted by Crippen LogP contribution is 2.23. The van der Waals surface area contributed by atoms with Gasteiger partial charge in [-0.1, -0.05) is 30.3 Å². The average Bonchev–Trinajstić information content (AvgIpc) is 2.83. The van der Waals surface area contributed by atoms with E-state index in [1.54, 1.807) is 30.3 Å². The Morgan fingerprint density at radius 1 is 1.32 bits per heavy atom. The van der Waals surface area contributed by atoms with E-state index in [0.717, 1.165) is 0 Å². The van der Waals surface area contributed by atoms with Crippen LogP contribution < -0.4 is 11.1 Å². The van der Waals surface area contributed by atoms with Gasteiger partial charge in [0.2, 0.25) is 11.4 Å². The molecule has 1 aliphatic rings. The van der Waals surface area contributed by atoms with Crippen molar-refractivity contribution in [2.24, 2.45) is 5.73 Å². The number of ether oxygens (including phenoxy) is 1. The van der Waals surface area contributed by atoms with Crippen molar-refractivity contribution in [2.75, 3.05) is 12.4 Å². The Morgan fingerprint density at radius 2 is 1.96 bits per heavy atom. The molecule has 1 aromatic carbocycles. The highest BCUT2D eigenvalue weighted by molar-refractivity contribution is 7.90. The molecule has 8 nitrogen and oxygen atoms in total. The molecule has 1 saturated heterocycles. The lowest BCUT2D eigenvalue weighted by atomic mass is 9.89. The largest absolute Gasteiger partial charge is 0.367 e. The molecule has 3 N–H and O–H groups in total. The summed E-state index contributed by atoms with van der Waals surface area (Å²) in [7, 11) is -3.52. The van der Waals surface area contributed by atoms with Crippen molar-refractivity contribution in [3.05, 3.63) is 35.9 Å². The van der Waals surface area contributed by atoms with Gasteiger partial charge in [-0.3, -0.25) is 14.4 Å². The van der Waals surface area contributed by atoms with Crippen LogP contribution in [0.15, 0.2) is 30.3 Å². The summed E-state index contributed by atoms with van der Waals surface area (Å²) in [6.45, 7) is 1.11. The zero-order valence-electron chi connectivity index (χ0n) is 13.7. The van der Waals surface area contributed by atoms with Crippen LogP contribution >= 0.6 is 0 Å². The van der Waals surface area contributed by atoms with Gasteiger partial charge < -0.3 is 15.8 Å². The first kappa shape index (κ1) is 19.1. The van der Waals surface area contributed by atoms with Gasteiger partial charge >= 0.3 is 0 Å². The maximum Gasteiger partial charge on any atom is 0.253 e. The van der Waals surface area contributed by atoms with Gasteiger partial charge in [-0.25, -0.2) is 8.42 Å². The number of carbonyl (C=O) groups excluding carboxylic acids is 3. The number of primary amides is 1. The van der Waals surface area contributed by atoms with Crippen LogP contribution in [-0.4, -0.2) is 50.0 Å². The number of Topliss-reactive ketones (excluding diaryl/α,β-unsaturated/α-hetero) is 1. The molecule has 1 aliphatic heterocycles. The molecule has 136 valence electrons. The minimum absolute atomic E-state index is 0.194. The zero-order valence-corrected chi connectivity index (χ0v) is 14.5. The van der Waals surface area contributed by atoms with Crippen molar-refractivity contribution in [1.82, 2.24) is 5.32 Å². The average molecular weight is 368 g/mol. The van der Waals surface area contributed by atoms with Gasteiger partial charge in [-0.15, -0.1) is 0 Å². The molecule has 2 amide bonds. The normalized spacial score (nSPS) is 23.4. The van der Waals surface area contributed by atoms with Gasteiger partial charge in [-0.2, -0.15) is 0 Å². The van der Waals surface area contributed by atoms with Crippen molar-refractivity contribution in [3.8, 4) is 0 Å². The molecule has 0 radical (unpaired) electrons. The molecule has 2 unspecified atom stereocenters. The Labute approximate surface area is 145 Å². The van der Waals surface area contributed by atoms with E-state index in [9.17, 15) is 22.8 Å². The Balaban J connectivity index is 2.00. The SMILES string of the molecule is CC1OCC(=O)C1(NC(=O)CCS(=O)(=O)Cc1ccccc1)C(N)=O. The number of sulfone groups is 1. The monoisotopic (exact) mass is 368 g/mol. The summed E-state index contributed by atoms with van der Waals surface area (Å²) >= 11 is 0. The first-order valence-corrected chi connectivity index (χ1v) is 9.49. The summed E-state index contributed by atoms with van der Waals surface area (Å²) in [6.07, 6.45) is -1.30. The standard InChI is InChI=1S/C16H20N2O6S/c1-11-16(15(17)21,13(19)9-24-11)18-14(20)7-8-25(22,23)10-12-5-3-2-4-6-12/h2-6,11H,7-10H2,1H3,(H2,17,21)(H,18,20). The van der Waals surface area contributed by atoms with E-state index in [1.807, 2.05) is 0 Å². The molecular weight excluding hydrogens is 348 g/mol. The third-order valence-corrected chi connectivity index (χ3v) is 5.71. The van der Waals surface area contributed by atoms with Gasteiger partial charge in [0.25, 0.3) is 5.91 Å². The highest BCUT2D eigenvalue weighted by Gasteiger charge is 2.55. The predicted octanol–water partition coefficient (Wildman–Crippen LogP) is -0.680. The first-order chi connectivity index (χ1) is 11.7. The van der Waals surface area contributed by atoms with Crippen molar-refractivity contribution in [1.29, 1.82) is 0 Å². The molecule has 2 atom stereocenters. The molecule has 0 spiro atoms. The van der Waals surface area contributed by atoms with Crippen LogP contribution in [0.3, 0.4) is 0 Å². The number of ketones is 1. The van der Waals surface area contributed by atoms with E-state index in [0.29, 0.717) is 5.56 Å². The molecule has 25 heavy (non-hydrogen) atoms. The van der Waals surface area contributed by atoms with Crippen LogP contribution in [0.4, 0.5) is 0 Å². The molecule has 0 aliphatic carbocycles. The number of amides is 2. The minimum Gasteiger partial charge on any atom is -0.367 e. The second kappa shape index (κ2) is 7.32. The quantitative estimate of drug-likeness (QED) is 0.613. The summed E-state index contributed by atoms with van der Waals surface area (Å²) in [5.41, 5.74) is 3.94. The summed E-state index contributed by atoms with van der Waals surface area (Å²) < 4.78 is 29.3. The number of nitrogens with one attached hydrogen (secondary N) is 1. The van der Waals surface area contributed by atoms with Crippen LogP contribution in [0.5, 0.6) is 0 Å². The molecule has 0 aromatic heterocycles. The third kappa shape index (κ3) is 4.23. The molecular formula is C16H20N2O6S. The van der Waals surface area contributed by atoms with Gasteiger partial charge in [0.1, 0.15) is 6.61 Å². The third-order valence-electron chi connectivity index (χ3n) is 4.11. The zero-order chi connectivity index (χ0) is 18.7. The van der Waals surface area contributed by atoms with E-state index in [1.165, 1.54) is 6.92 Å². The minimum atomic E-state index is -3.52. The topological polar surface area (TPSA) is 133 Å². The number of benzene rings is 1.